The molecule has 0 spiro atoms. The van der Waals surface area contributed by atoms with Crippen molar-refractivity contribution in [3.63, 3.8) is 0 Å². The lowest BCUT2D eigenvalue weighted by Gasteiger charge is -2.32. The van der Waals surface area contributed by atoms with Crippen LogP contribution in [0.25, 0.3) is 0 Å². The first-order valence-corrected chi connectivity index (χ1v) is 8.04. The van der Waals surface area contributed by atoms with Gasteiger partial charge >= 0.3 is 0 Å². The predicted molar refractivity (Wildman–Crippen MR) is 89.7 cm³/mol. The Balaban J connectivity index is 2.02. The SMILES string of the molecule is Cc1cc(C)c(C2C[C@@H](N)c3cc(Br)ccc3O2)c(C)c1. The fourth-order valence-corrected chi connectivity index (χ4v) is 3.73. The number of rotatable bonds is 1. The monoisotopic (exact) mass is 345 g/mol. The summed E-state index contributed by atoms with van der Waals surface area (Å²) in [7, 11) is 0. The molecule has 3 heteroatoms. The van der Waals surface area contributed by atoms with Gasteiger partial charge in [-0.05, 0) is 55.7 Å². The van der Waals surface area contributed by atoms with E-state index in [4.69, 9.17) is 10.5 Å². The van der Waals surface area contributed by atoms with Gasteiger partial charge in [0.25, 0.3) is 0 Å². The minimum Gasteiger partial charge on any atom is -0.485 e. The lowest BCUT2D eigenvalue weighted by atomic mass is 9.88. The minimum absolute atomic E-state index is 0.0105. The summed E-state index contributed by atoms with van der Waals surface area (Å²) >= 11 is 3.50. The van der Waals surface area contributed by atoms with Crippen molar-refractivity contribution in [3.8, 4) is 5.75 Å². The predicted octanol–water partition coefficient (Wildman–Crippen LogP) is 4.90. The van der Waals surface area contributed by atoms with Gasteiger partial charge in [0.15, 0.2) is 0 Å². The first-order valence-electron chi connectivity index (χ1n) is 7.25. The molecule has 2 nitrogen and oxygen atoms in total. The number of fused-ring (bicyclic) bond motifs is 1. The summed E-state index contributed by atoms with van der Waals surface area (Å²) < 4.78 is 7.29. The highest BCUT2D eigenvalue weighted by atomic mass is 79.9. The summed E-state index contributed by atoms with van der Waals surface area (Å²) in [4.78, 5) is 0. The van der Waals surface area contributed by atoms with Crippen molar-refractivity contribution in [1.29, 1.82) is 0 Å². The molecule has 3 rings (SSSR count). The van der Waals surface area contributed by atoms with Crippen molar-refractivity contribution in [2.45, 2.75) is 39.3 Å². The van der Waals surface area contributed by atoms with E-state index in [1.54, 1.807) is 0 Å². The van der Waals surface area contributed by atoms with E-state index in [2.05, 4.69) is 54.9 Å². The number of hydrogen-bond donors (Lipinski definition) is 1. The largest absolute Gasteiger partial charge is 0.485 e. The van der Waals surface area contributed by atoms with E-state index in [-0.39, 0.29) is 12.1 Å². The fourth-order valence-electron chi connectivity index (χ4n) is 3.35. The number of ether oxygens (including phenoxy) is 1. The Morgan fingerprint density at radius 2 is 1.76 bits per heavy atom. The normalized spacial score (nSPS) is 20.8. The molecule has 110 valence electrons. The van der Waals surface area contributed by atoms with Crippen LogP contribution in [0.4, 0.5) is 0 Å². The van der Waals surface area contributed by atoms with Crippen LogP contribution >= 0.6 is 15.9 Å². The molecular weight excluding hydrogens is 326 g/mol. The molecule has 0 saturated heterocycles. The Bertz CT molecular complexity index is 673. The Kier molecular flexibility index (Phi) is 3.80. The molecule has 0 fully saturated rings. The van der Waals surface area contributed by atoms with Crippen LogP contribution in [0.1, 0.15) is 46.4 Å². The highest BCUT2D eigenvalue weighted by molar-refractivity contribution is 9.10. The van der Waals surface area contributed by atoms with Gasteiger partial charge in [-0.15, -0.1) is 0 Å². The fraction of sp³-hybridized carbons (Fsp3) is 0.333. The maximum absolute atomic E-state index is 6.37. The van der Waals surface area contributed by atoms with Crippen LogP contribution < -0.4 is 10.5 Å². The number of aryl methyl sites for hydroxylation is 3. The van der Waals surface area contributed by atoms with E-state index in [1.807, 2.05) is 12.1 Å². The molecule has 0 amide bonds. The van der Waals surface area contributed by atoms with E-state index in [1.165, 1.54) is 22.3 Å². The third-order valence-electron chi connectivity index (χ3n) is 4.17. The molecule has 0 bridgehead atoms. The Hall–Kier alpha value is -1.32. The highest BCUT2D eigenvalue weighted by Gasteiger charge is 2.29. The lowest BCUT2D eigenvalue weighted by molar-refractivity contribution is 0.160. The van der Waals surface area contributed by atoms with E-state index in [9.17, 15) is 0 Å². The Morgan fingerprint density at radius 1 is 1.10 bits per heavy atom. The van der Waals surface area contributed by atoms with Crippen molar-refractivity contribution in [3.05, 3.63) is 62.6 Å². The molecular formula is C18H20BrNO. The second-order valence-corrected chi connectivity index (χ2v) is 6.86. The van der Waals surface area contributed by atoms with E-state index in [0.717, 1.165) is 22.2 Å². The molecule has 2 aromatic carbocycles. The van der Waals surface area contributed by atoms with Crippen molar-refractivity contribution in [2.24, 2.45) is 5.73 Å². The van der Waals surface area contributed by atoms with Gasteiger partial charge < -0.3 is 10.5 Å². The third kappa shape index (κ3) is 2.72. The van der Waals surface area contributed by atoms with Crippen LogP contribution in [0.5, 0.6) is 5.75 Å². The topological polar surface area (TPSA) is 35.2 Å². The van der Waals surface area contributed by atoms with Crippen molar-refractivity contribution in [1.82, 2.24) is 0 Å². The van der Waals surface area contributed by atoms with Gasteiger partial charge in [0.2, 0.25) is 0 Å². The number of nitrogens with two attached hydrogens (primary N) is 1. The van der Waals surface area contributed by atoms with Gasteiger partial charge in [0.1, 0.15) is 11.9 Å². The molecule has 1 aliphatic rings. The van der Waals surface area contributed by atoms with E-state index < -0.39 is 0 Å². The molecule has 2 aromatic rings. The van der Waals surface area contributed by atoms with E-state index >= 15 is 0 Å². The molecule has 1 unspecified atom stereocenters. The first kappa shape index (κ1) is 14.6. The van der Waals surface area contributed by atoms with Gasteiger partial charge in [0.05, 0.1) is 0 Å². The molecule has 0 aromatic heterocycles. The van der Waals surface area contributed by atoms with Crippen molar-refractivity contribution >= 4 is 15.9 Å². The standard InChI is InChI=1S/C18H20BrNO/c1-10-6-11(2)18(12(3)7-10)17-9-15(20)14-8-13(19)4-5-16(14)21-17/h4-8,15,17H,9,20H2,1-3H3/t15-,17?/m1/s1. The maximum atomic E-state index is 6.37. The van der Waals surface area contributed by atoms with Crippen LogP contribution in [0, 0.1) is 20.8 Å². The smallest absolute Gasteiger partial charge is 0.126 e. The average Bonchev–Trinajstić information content (AvgIpc) is 2.38. The summed E-state index contributed by atoms with van der Waals surface area (Å²) in [6.07, 6.45) is 0.850. The van der Waals surface area contributed by atoms with Gasteiger partial charge in [-0.2, -0.15) is 0 Å². The second kappa shape index (κ2) is 5.47. The summed E-state index contributed by atoms with van der Waals surface area (Å²) in [5.41, 5.74) is 12.6. The summed E-state index contributed by atoms with van der Waals surface area (Å²) in [6, 6.07) is 10.5. The van der Waals surface area contributed by atoms with Crippen LogP contribution in [0.2, 0.25) is 0 Å². The lowest BCUT2D eigenvalue weighted by Crippen LogP contribution is -2.25. The molecule has 0 aliphatic carbocycles. The summed E-state index contributed by atoms with van der Waals surface area (Å²) in [5, 5.41) is 0. The minimum atomic E-state index is 0.0105. The molecule has 0 radical (unpaired) electrons. The van der Waals surface area contributed by atoms with Crippen LogP contribution in [-0.4, -0.2) is 0 Å². The molecule has 21 heavy (non-hydrogen) atoms. The first-order chi connectivity index (χ1) is 9.95. The Labute approximate surface area is 134 Å². The summed E-state index contributed by atoms with van der Waals surface area (Å²) in [5.74, 6) is 0.904. The van der Waals surface area contributed by atoms with Gasteiger partial charge in [0, 0.05) is 22.5 Å². The van der Waals surface area contributed by atoms with Crippen LogP contribution in [0.15, 0.2) is 34.8 Å². The maximum Gasteiger partial charge on any atom is 0.126 e. The average molecular weight is 346 g/mol. The second-order valence-electron chi connectivity index (χ2n) is 5.94. The van der Waals surface area contributed by atoms with Gasteiger partial charge in [-0.3, -0.25) is 0 Å². The Morgan fingerprint density at radius 3 is 2.43 bits per heavy atom. The van der Waals surface area contributed by atoms with Crippen molar-refractivity contribution < 1.29 is 4.74 Å². The molecule has 0 saturated carbocycles. The van der Waals surface area contributed by atoms with Crippen LogP contribution in [0.3, 0.4) is 0 Å². The number of hydrogen-bond acceptors (Lipinski definition) is 2. The molecule has 2 atom stereocenters. The van der Waals surface area contributed by atoms with Gasteiger partial charge in [-0.25, -0.2) is 0 Å². The van der Waals surface area contributed by atoms with Crippen molar-refractivity contribution in [2.75, 3.05) is 0 Å². The quantitative estimate of drug-likeness (QED) is 0.797. The summed E-state index contributed by atoms with van der Waals surface area (Å²) in [6.45, 7) is 6.44. The zero-order valence-electron chi connectivity index (χ0n) is 12.6. The van der Waals surface area contributed by atoms with E-state index in [0.29, 0.717) is 0 Å². The zero-order valence-corrected chi connectivity index (χ0v) is 14.2. The zero-order chi connectivity index (χ0) is 15.1. The number of halogens is 1. The third-order valence-corrected chi connectivity index (χ3v) is 4.66. The van der Waals surface area contributed by atoms with Gasteiger partial charge in [-0.1, -0.05) is 33.6 Å². The molecule has 1 aliphatic heterocycles. The van der Waals surface area contributed by atoms with Crippen LogP contribution in [-0.2, 0) is 0 Å². The highest BCUT2D eigenvalue weighted by Crippen LogP contribution is 2.42. The molecule has 1 heterocycles. The molecule has 2 N–H and O–H groups in total. The number of benzene rings is 2.